The van der Waals surface area contributed by atoms with Crippen molar-refractivity contribution in [1.29, 1.82) is 0 Å². The molecule has 1 aliphatic heterocycles. The standard InChI is InChI=1S/C32H35FN6O2S/c1-17(2)38(3)15-18-5-9-21(10-6-18)34-30-32(40)39(4)16-25(36-30)24-12-11-23(33)29(35-24)37-31-27(41-31)26-14-22-19-7-8-20(13-19)28(22)42-26/h5-6,9-12,14,16-17,19-20,27,31H,7-8,13,15H2,1-4H3,(H,34,36)(H,35,37). The molecule has 2 fully saturated rings. The van der Waals surface area contributed by atoms with Crippen molar-refractivity contribution in [2.45, 2.75) is 69.9 Å². The second-order valence-electron chi connectivity index (χ2n) is 12.0. The highest BCUT2D eigenvalue weighted by atomic mass is 32.1. The quantitative estimate of drug-likeness (QED) is 0.217. The Balaban J connectivity index is 1.07. The Hall–Kier alpha value is -3.60. The Kier molecular flexibility index (Phi) is 6.87. The van der Waals surface area contributed by atoms with Gasteiger partial charge in [0, 0.05) is 41.3 Å². The van der Waals surface area contributed by atoms with E-state index in [2.05, 4.69) is 52.5 Å². The van der Waals surface area contributed by atoms with Gasteiger partial charge in [-0.1, -0.05) is 12.1 Å². The molecule has 1 saturated carbocycles. The van der Waals surface area contributed by atoms with Gasteiger partial charge in [-0.3, -0.25) is 9.69 Å². The zero-order chi connectivity index (χ0) is 29.1. The first-order chi connectivity index (χ1) is 20.2. The highest BCUT2D eigenvalue weighted by Crippen LogP contribution is 2.58. The van der Waals surface area contributed by atoms with Crippen LogP contribution in [0.25, 0.3) is 11.4 Å². The summed E-state index contributed by atoms with van der Waals surface area (Å²) in [6.07, 6.45) is 5.09. The zero-order valence-corrected chi connectivity index (χ0v) is 25.0. The number of hydrogen-bond acceptors (Lipinski definition) is 8. The molecule has 0 radical (unpaired) electrons. The number of epoxide rings is 1. The first kappa shape index (κ1) is 27.2. The van der Waals surface area contributed by atoms with E-state index in [9.17, 15) is 9.18 Å². The van der Waals surface area contributed by atoms with Gasteiger partial charge < -0.3 is 19.9 Å². The Morgan fingerprint density at radius 1 is 1.10 bits per heavy atom. The third-order valence-corrected chi connectivity index (χ3v) is 10.2. The number of nitrogens with one attached hydrogen (secondary N) is 2. The van der Waals surface area contributed by atoms with Gasteiger partial charge in [0.1, 0.15) is 11.8 Å². The van der Waals surface area contributed by atoms with Crippen molar-refractivity contribution >= 4 is 28.7 Å². The van der Waals surface area contributed by atoms with Crippen LogP contribution in [0.1, 0.15) is 71.9 Å². The second-order valence-corrected chi connectivity index (χ2v) is 13.2. The Labute approximate surface area is 248 Å². The summed E-state index contributed by atoms with van der Waals surface area (Å²) in [5, 5.41) is 6.29. The summed E-state index contributed by atoms with van der Waals surface area (Å²) in [5.41, 5.74) is 4.08. The first-order valence-corrected chi connectivity index (χ1v) is 15.4. The zero-order valence-electron chi connectivity index (χ0n) is 24.2. The molecule has 2 N–H and O–H groups in total. The summed E-state index contributed by atoms with van der Waals surface area (Å²) < 4.78 is 22.2. The number of fused-ring (bicyclic) bond motifs is 5. The van der Waals surface area contributed by atoms with Crippen molar-refractivity contribution in [2.75, 3.05) is 17.7 Å². The molecular weight excluding hydrogens is 551 g/mol. The highest BCUT2D eigenvalue weighted by Gasteiger charge is 2.46. The molecule has 42 heavy (non-hydrogen) atoms. The van der Waals surface area contributed by atoms with Gasteiger partial charge >= 0.3 is 0 Å². The molecule has 2 bridgehead atoms. The van der Waals surface area contributed by atoms with E-state index in [-0.39, 0.29) is 29.5 Å². The number of anilines is 3. The molecule has 3 aromatic heterocycles. The van der Waals surface area contributed by atoms with Crippen molar-refractivity contribution in [2.24, 2.45) is 7.05 Å². The van der Waals surface area contributed by atoms with Gasteiger partial charge in [-0.2, -0.15) is 0 Å². The molecule has 1 saturated heterocycles. The van der Waals surface area contributed by atoms with Crippen LogP contribution in [0.15, 0.2) is 53.5 Å². The van der Waals surface area contributed by atoms with Crippen molar-refractivity contribution in [3.05, 3.63) is 85.7 Å². The normalized spacial score (nSPS) is 22.2. The summed E-state index contributed by atoms with van der Waals surface area (Å²) in [4.78, 5) is 27.0. The average Bonchev–Trinajstić information content (AvgIpc) is 3.29. The minimum atomic E-state index is -0.467. The number of pyridine rings is 1. The van der Waals surface area contributed by atoms with E-state index in [1.807, 2.05) is 35.6 Å². The average molecular weight is 587 g/mol. The topological polar surface area (TPSA) is 87.6 Å². The van der Waals surface area contributed by atoms with Crippen LogP contribution < -0.4 is 16.2 Å². The van der Waals surface area contributed by atoms with E-state index >= 15 is 0 Å². The van der Waals surface area contributed by atoms with Crippen LogP contribution in [-0.2, 0) is 18.3 Å². The Bertz CT molecular complexity index is 1670. The lowest BCUT2D eigenvalue weighted by molar-refractivity contribution is 0.266. The lowest BCUT2D eigenvalue weighted by atomic mass is 9.99. The third kappa shape index (κ3) is 5.12. The van der Waals surface area contributed by atoms with Crippen LogP contribution in [0.5, 0.6) is 0 Å². The minimum absolute atomic E-state index is 0.0894. The van der Waals surface area contributed by atoms with Gasteiger partial charge in [-0.25, -0.2) is 14.4 Å². The van der Waals surface area contributed by atoms with Gasteiger partial charge in [0.2, 0.25) is 0 Å². The SMILES string of the molecule is CC(C)N(C)Cc1ccc(Nc2nc(-c3ccc(F)c(NC4OC4c4cc5c(s4)C4CCC5C4)n3)cn(C)c2=O)cc1. The number of nitrogens with zero attached hydrogens (tertiary/aromatic N) is 4. The van der Waals surface area contributed by atoms with Crippen molar-refractivity contribution in [3.63, 3.8) is 0 Å². The fourth-order valence-corrected chi connectivity index (χ4v) is 7.55. The molecule has 8 nitrogen and oxygen atoms in total. The summed E-state index contributed by atoms with van der Waals surface area (Å²) in [7, 11) is 3.76. The molecule has 0 amide bonds. The van der Waals surface area contributed by atoms with Crippen molar-refractivity contribution in [1.82, 2.24) is 19.4 Å². The van der Waals surface area contributed by atoms with Gasteiger partial charge in [-0.05, 0) is 93.5 Å². The molecule has 7 rings (SSSR count). The second kappa shape index (κ2) is 10.6. The van der Waals surface area contributed by atoms with Crippen LogP contribution in [-0.4, -0.2) is 38.8 Å². The number of aryl methyl sites for hydroxylation is 1. The lowest BCUT2D eigenvalue weighted by Gasteiger charge is -2.21. The summed E-state index contributed by atoms with van der Waals surface area (Å²) >= 11 is 1.85. The molecule has 3 aliphatic rings. The van der Waals surface area contributed by atoms with E-state index < -0.39 is 5.82 Å². The monoisotopic (exact) mass is 586 g/mol. The van der Waals surface area contributed by atoms with Crippen molar-refractivity contribution in [3.8, 4) is 11.4 Å². The van der Waals surface area contributed by atoms with Gasteiger partial charge in [0.05, 0.1) is 5.69 Å². The number of thiophene rings is 1. The molecule has 1 aromatic carbocycles. The largest absolute Gasteiger partial charge is 0.342 e. The molecule has 10 heteroatoms. The molecular formula is C32H35FN6O2S. The third-order valence-electron chi connectivity index (χ3n) is 8.81. The molecule has 218 valence electrons. The van der Waals surface area contributed by atoms with Crippen LogP contribution in [0.3, 0.4) is 0 Å². The van der Waals surface area contributed by atoms with Crippen LogP contribution >= 0.6 is 11.3 Å². The number of benzene rings is 1. The minimum Gasteiger partial charge on any atom is -0.342 e. The summed E-state index contributed by atoms with van der Waals surface area (Å²) in [6.45, 7) is 5.16. The van der Waals surface area contributed by atoms with Crippen LogP contribution in [0.2, 0.25) is 0 Å². The first-order valence-electron chi connectivity index (χ1n) is 14.6. The van der Waals surface area contributed by atoms with E-state index in [4.69, 9.17) is 4.74 Å². The van der Waals surface area contributed by atoms with Gasteiger partial charge in [0.25, 0.3) is 5.56 Å². The van der Waals surface area contributed by atoms with Gasteiger partial charge in [-0.15, -0.1) is 11.3 Å². The van der Waals surface area contributed by atoms with Crippen LogP contribution in [0, 0.1) is 5.82 Å². The lowest BCUT2D eigenvalue weighted by Crippen LogP contribution is -2.25. The number of halogens is 1. The molecule has 2 aliphatic carbocycles. The fourth-order valence-electron chi connectivity index (χ4n) is 6.09. The van der Waals surface area contributed by atoms with E-state index in [0.717, 1.165) is 18.2 Å². The predicted octanol–water partition coefficient (Wildman–Crippen LogP) is 6.50. The molecule has 4 unspecified atom stereocenters. The van der Waals surface area contributed by atoms with Gasteiger partial charge in [0.15, 0.2) is 23.7 Å². The van der Waals surface area contributed by atoms with Crippen LogP contribution in [0.4, 0.5) is 21.7 Å². The number of hydrogen-bond donors (Lipinski definition) is 2. The maximum absolute atomic E-state index is 14.8. The smallest absolute Gasteiger partial charge is 0.293 e. The maximum Gasteiger partial charge on any atom is 0.293 e. The highest BCUT2D eigenvalue weighted by molar-refractivity contribution is 7.12. The molecule has 4 atom stereocenters. The predicted molar refractivity (Wildman–Crippen MR) is 164 cm³/mol. The van der Waals surface area contributed by atoms with E-state index in [1.165, 1.54) is 50.8 Å². The van der Waals surface area contributed by atoms with Crippen molar-refractivity contribution < 1.29 is 9.13 Å². The maximum atomic E-state index is 14.8. The summed E-state index contributed by atoms with van der Waals surface area (Å²) in [5.74, 6) is 1.24. The molecule has 0 spiro atoms. The molecule has 4 heterocycles. The fraction of sp³-hybridized carbons (Fsp3) is 0.406. The molecule has 4 aromatic rings. The summed E-state index contributed by atoms with van der Waals surface area (Å²) in [6, 6.07) is 13.6. The number of aromatic nitrogens is 3. The Morgan fingerprint density at radius 3 is 2.62 bits per heavy atom. The number of rotatable bonds is 9. The Morgan fingerprint density at radius 2 is 1.86 bits per heavy atom. The number of ether oxygens (including phenoxy) is 1. The van der Waals surface area contributed by atoms with E-state index in [1.54, 1.807) is 19.3 Å². The van der Waals surface area contributed by atoms with E-state index in [0.29, 0.717) is 23.3 Å².